The molecule has 56 valence electrons. The molecule has 0 saturated heterocycles. The van der Waals surface area contributed by atoms with Crippen molar-refractivity contribution in [2.45, 2.75) is 38.1 Å². The van der Waals surface area contributed by atoms with Gasteiger partial charge in [-0.1, -0.05) is 0 Å². The lowest BCUT2D eigenvalue weighted by molar-refractivity contribution is 0.222. The van der Waals surface area contributed by atoms with Crippen LogP contribution in [0.5, 0.6) is 0 Å². The van der Waals surface area contributed by atoms with Gasteiger partial charge in [0.25, 0.3) is 0 Å². The minimum Gasteiger partial charge on any atom is -0.328 e. The van der Waals surface area contributed by atoms with Gasteiger partial charge in [-0.05, 0) is 49.4 Å². The van der Waals surface area contributed by atoms with Crippen molar-refractivity contribution < 1.29 is 0 Å². The van der Waals surface area contributed by atoms with Gasteiger partial charge in [0.2, 0.25) is 0 Å². The third kappa shape index (κ3) is 0.572. The van der Waals surface area contributed by atoms with E-state index in [1.807, 2.05) is 0 Å². The molecule has 3 fully saturated rings. The first-order chi connectivity index (χ1) is 4.80. The van der Waals surface area contributed by atoms with Crippen LogP contribution in [0.15, 0.2) is 0 Å². The number of nitrogens with two attached hydrogens (primary N) is 1. The molecule has 0 aromatic carbocycles. The zero-order valence-electron chi connectivity index (χ0n) is 6.34. The van der Waals surface area contributed by atoms with E-state index in [0.717, 1.165) is 17.3 Å². The summed E-state index contributed by atoms with van der Waals surface area (Å²) in [6.07, 6.45) is 7.33. The molecular weight excluding hydrogens is 122 g/mol. The van der Waals surface area contributed by atoms with E-state index in [2.05, 4.69) is 0 Å². The first-order valence-electron chi connectivity index (χ1n) is 4.56. The molecule has 3 saturated carbocycles. The summed E-state index contributed by atoms with van der Waals surface area (Å²) in [6.45, 7) is 0. The Kier molecular flexibility index (Phi) is 0.797. The van der Waals surface area contributed by atoms with Crippen molar-refractivity contribution in [3.8, 4) is 0 Å². The van der Waals surface area contributed by atoms with Crippen LogP contribution < -0.4 is 5.73 Å². The summed E-state index contributed by atoms with van der Waals surface area (Å²) < 4.78 is 0. The molecule has 0 heterocycles. The molecule has 1 heteroatoms. The average molecular weight is 137 g/mol. The highest BCUT2D eigenvalue weighted by molar-refractivity contribution is 5.15. The Balaban J connectivity index is 1.61. The average Bonchev–Trinajstić information content (AvgIpc) is 2.69. The largest absolute Gasteiger partial charge is 0.328 e. The molecule has 3 aliphatic carbocycles. The first kappa shape index (κ1) is 5.59. The van der Waals surface area contributed by atoms with Gasteiger partial charge in [-0.3, -0.25) is 0 Å². The topological polar surface area (TPSA) is 26.0 Å². The SMILES string of the molecule is NC1CC(C2CC23CC3)C1. The van der Waals surface area contributed by atoms with E-state index >= 15 is 0 Å². The summed E-state index contributed by atoms with van der Waals surface area (Å²) in [5.74, 6) is 2.18. The lowest BCUT2D eigenvalue weighted by Crippen LogP contribution is -2.37. The molecule has 0 amide bonds. The van der Waals surface area contributed by atoms with Crippen molar-refractivity contribution in [3.05, 3.63) is 0 Å². The van der Waals surface area contributed by atoms with E-state index in [-0.39, 0.29) is 0 Å². The number of hydrogen-bond acceptors (Lipinski definition) is 1. The molecule has 10 heavy (non-hydrogen) atoms. The predicted molar refractivity (Wildman–Crippen MR) is 40.5 cm³/mol. The number of hydrogen-bond donors (Lipinski definition) is 1. The normalized spacial score (nSPS) is 54.3. The second-order valence-electron chi connectivity index (χ2n) is 4.66. The maximum atomic E-state index is 5.74. The van der Waals surface area contributed by atoms with Gasteiger partial charge in [-0.2, -0.15) is 0 Å². The van der Waals surface area contributed by atoms with E-state index in [1.165, 1.54) is 12.8 Å². The van der Waals surface area contributed by atoms with Gasteiger partial charge in [0, 0.05) is 6.04 Å². The van der Waals surface area contributed by atoms with Gasteiger partial charge >= 0.3 is 0 Å². The molecule has 2 N–H and O–H groups in total. The molecule has 0 aromatic rings. The van der Waals surface area contributed by atoms with Gasteiger partial charge in [0.05, 0.1) is 0 Å². The molecule has 0 radical (unpaired) electrons. The summed E-state index contributed by atoms with van der Waals surface area (Å²) in [5.41, 5.74) is 6.66. The molecule has 3 rings (SSSR count). The van der Waals surface area contributed by atoms with Crippen LogP contribution in [0.2, 0.25) is 0 Å². The van der Waals surface area contributed by atoms with Crippen LogP contribution in [0.3, 0.4) is 0 Å². The molecule has 1 spiro atoms. The Morgan fingerprint density at radius 3 is 2.30 bits per heavy atom. The molecule has 3 aliphatic rings. The summed E-state index contributed by atoms with van der Waals surface area (Å²) in [6, 6.07) is 0.571. The Bertz CT molecular complexity index is 166. The molecule has 1 nitrogen and oxygen atoms in total. The second kappa shape index (κ2) is 1.42. The highest BCUT2D eigenvalue weighted by Crippen LogP contribution is 2.74. The smallest absolute Gasteiger partial charge is 0.00443 e. The van der Waals surface area contributed by atoms with Crippen LogP contribution in [0.25, 0.3) is 0 Å². The first-order valence-corrected chi connectivity index (χ1v) is 4.56. The zero-order valence-corrected chi connectivity index (χ0v) is 6.34. The maximum Gasteiger partial charge on any atom is 0.00443 e. The van der Waals surface area contributed by atoms with Crippen molar-refractivity contribution in [1.82, 2.24) is 0 Å². The van der Waals surface area contributed by atoms with Crippen LogP contribution >= 0.6 is 0 Å². The molecule has 0 aliphatic heterocycles. The standard InChI is InChI=1S/C9H15N/c10-7-3-6(4-7)8-5-9(8)1-2-9/h6-8H,1-5,10H2. The fourth-order valence-electron chi connectivity index (χ4n) is 2.82. The quantitative estimate of drug-likeness (QED) is 0.582. The lowest BCUT2D eigenvalue weighted by atomic mass is 9.77. The van der Waals surface area contributed by atoms with Crippen molar-refractivity contribution in [2.75, 3.05) is 0 Å². The lowest BCUT2D eigenvalue weighted by Gasteiger charge is -2.33. The summed E-state index contributed by atoms with van der Waals surface area (Å²) in [4.78, 5) is 0. The van der Waals surface area contributed by atoms with Crippen LogP contribution in [0, 0.1) is 17.3 Å². The molecule has 1 atom stereocenters. The molecular formula is C9H15N. The highest BCUT2D eigenvalue weighted by atomic mass is 14.8. The van der Waals surface area contributed by atoms with Crippen LogP contribution in [-0.2, 0) is 0 Å². The Labute approximate surface area is 62.0 Å². The monoisotopic (exact) mass is 137 g/mol. The fraction of sp³-hybridized carbons (Fsp3) is 1.00. The maximum absolute atomic E-state index is 5.74. The molecule has 0 aromatic heterocycles. The van der Waals surface area contributed by atoms with Crippen LogP contribution in [-0.4, -0.2) is 6.04 Å². The van der Waals surface area contributed by atoms with Crippen LogP contribution in [0.4, 0.5) is 0 Å². The van der Waals surface area contributed by atoms with Crippen LogP contribution in [0.1, 0.15) is 32.1 Å². The summed E-state index contributed by atoms with van der Waals surface area (Å²) >= 11 is 0. The molecule has 1 unspecified atom stereocenters. The van der Waals surface area contributed by atoms with E-state index in [0.29, 0.717) is 6.04 Å². The number of rotatable bonds is 1. The zero-order chi connectivity index (χ0) is 6.77. The minimum atomic E-state index is 0.571. The predicted octanol–water partition coefficient (Wildman–Crippen LogP) is 1.52. The van der Waals surface area contributed by atoms with Crippen molar-refractivity contribution in [3.63, 3.8) is 0 Å². The van der Waals surface area contributed by atoms with Gasteiger partial charge < -0.3 is 5.73 Å². The second-order valence-corrected chi connectivity index (χ2v) is 4.66. The van der Waals surface area contributed by atoms with Gasteiger partial charge in [0.15, 0.2) is 0 Å². The van der Waals surface area contributed by atoms with Crippen molar-refractivity contribution in [1.29, 1.82) is 0 Å². The summed E-state index contributed by atoms with van der Waals surface area (Å²) in [5, 5.41) is 0. The third-order valence-electron chi connectivity index (χ3n) is 3.93. The van der Waals surface area contributed by atoms with E-state index in [1.54, 1.807) is 19.3 Å². The van der Waals surface area contributed by atoms with E-state index in [4.69, 9.17) is 5.73 Å². The van der Waals surface area contributed by atoms with Gasteiger partial charge in [-0.25, -0.2) is 0 Å². The summed E-state index contributed by atoms with van der Waals surface area (Å²) in [7, 11) is 0. The van der Waals surface area contributed by atoms with Crippen molar-refractivity contribution >= 4 is 0 Å². The van der Waals surface area contributed by atoms with E-state index in [9.17, 15) is 0 Å². The Hall–Kier alpha value is -0.0400. The van der Waals surface area contributed by atoms with Gasteiger partial charge in [-0.15, -0.1) is 0 Å². The van der Waals surface area contributed by atoms with E-state index < -0.39 is 0 Å². The van der Waals surface area contributed by atoms with Crippen molar-refractivity contribution in [2.24, 2.45) is 23.0 Å². The minimum absolute atomic E-state index is 0.571. The molecule has 0 bridgehead atoms. The Morgan fingerprint density at radius 1 is 1.20 bits per heavy atom. The third-order valence-corrected chi connectivity index (χ3v) is 3.93. The highest BCUT2D eigenvalue weighted by Gasteiger charge is 2.65. The Morgan fingerprint density at radius 2 is 1.90 bits per heavy atom. The van der Waals surface area contributed by atoms with Gasteiger partial charge in [0.1, 0.15) is 0 Å². The fourth-order valence-corrected chi connectivity index (χ4v) is 2.82.